The molecule has 6 unspecified atom stereocenters. The summed E-state index contributed by atoms with van der Waals surface area (Å²) in [7, 11) is 0. The van der Waals surface area contributed by atoms with Crippen molar-refractivity contribution in [3.63, 3.8) is 0 Å². The SMILES string of the molecule is CC.CC.CC(=O)C1CCC2C3CC(=N)C4=CC(=O)CCC4C3CCC12C. The van der Waals surface area contributed by atoms with Crippen LogP contribution in [0.2, 0.25) is 0 Å². The summed E-state index contributed by atoms with van der Waals surface area (Å²) in [6, 6.07) is 0. The Morgan fingerprint density at radius 3 is 2.37 bits per heavy atom. The number of allylic oxidation sites excluding steroid dienone is 1. The zero-order chi connectivity index (χ0) is 20.4. The van der Waals surface area contributed by atoms with Crippen LogP contribution in [0.15, 0.2) is 11.6 Å². The van der Waals surface area contributed by atoms with E-state index in [2.05, 4.69) is 6.92 Å². The molecule has 4 aliphatic carbocycles. The molecule has 0 spiro atoms. The van der Waals surface area contributed by atoms with Gasteiger partial charge in [0.1, 0.15) is 5.78 Å². The summed E-state index contributed by atoms with van der Waals surface area (Å²) < 4.78 is 0. The molecule has 3 fully saturated rings. The van der Waals surface area contributed by atoms with Crippen LogP contribution in [-0.2, 0) is 9.59 Å². The van der Waals surface area contributed by atoms with Crippen LogP contribution >= 0.6 is 0 Å². The van der Waals surface area contributed by atoms with E-state index in [4.69, 9.17) is 5.41 Å². The van der Waals surface area contributed by atoms with E-state index in [0.717, 1.165) is 37.7 Å². The Kier molecular flexibility index (Phi) is 7.21. The maximum atomic E-state index is 12.1. The fourth-order valence-corrected chi connectivity index (χ4v) is 6.69. The van der Waals surface area contributed by atoms with Gasteiger partial charge in [0.15, 0.2) is 5.78 Å². The van der Waals surface area contributed by atoms with E-state index in [1.165, 1.54) is 6.42 Å². The van der Waals surface area contributed by atoms with Crippen molar-refractivity contribution in [2.45, 2.75) is 86.5 Å². The topological polar surface area (TPSA) is 58.0 Å². The van der Waals surface area contributed by atoms with Gasteiger partial charge in [-0.1, -0.05) is 34.6 Å². The van der Waals surface area contributed by atoms with Gasteiger partial charge in [0, 0.05) is 18.1 Å². The first kappa shape index (κ1) is 22.0. The fourth-order valence-electron chi connectivity index (χ4n) is 6.69. The van der Waals surface area contributed by atoms with Gasteiger partial charge in [0.05, 0.1) is 0 Å². The van der Waals surface area contributed by atoms with Crippen molar-refractivity contribution in [2.75, 3.05) is 0 Å². The molecular weight excluding hydrogens is 334 g/mol. The van der Waals surface area contributed by atoms with Crippen LogP contribution in [0.3, 0.4) is 0 Å². The number of hydrogen-bond donors (Lipinski definition) is 1. The van der Waals surface area contributed by atoms with Crippen molar-refractivity contribution in [2.24, 2.45) is 35.0 Å². The summed E-state index contributed by atoms with van der Waals surface area (Å²) >= 11 is 0. The largest absolute Gasteiger partial charge is 0.305 e. The first-order chi connectivity index (χ1) is 12.9. The zero-order valence-electron chi connectivity index (χ0n) is 18.2. The third kappa shape index (κ3) is 3.71. The van der Waals surface area contributed by atoms with Crippen LogP contribution in [0.25, 0.3) is 0 Å². The molecule has 27 heavy (non-hydrogen) atoms. The lowest BCUT2D eigenvalue weighted by Crippen LogP contribution is -2.49. The van der Waals surface area contributed by atoms with Gasteiger partial charge in [-0.3, -0.25) is 9.59 Å². The molecule has 4 rings (SSSR count). The van der Waals surface area contributed by atoms with E-state index in [1.807, 2.05) is 27.7 Å². The third-order valence-electron chi connectivity index (χ3n) is 7.71. The molecule has 4 aliphatic rings. The lowest BCUT2D eigenvalue weighted by Gasteiger charge is -2.53. The highest BCUT2D eigenvalue weighted by Crippen LogP contribution is 2.63. The van der Waals surface area contributed by atoms with Crippen molar-refractivity contribution in [3.05, 3.63) is 11.6 Å². The fraction of sp³-hybridized carbons (Fsp3) is 0.792. The highest BCUT2D eigenvalue weighted by Gasteiger charge is 2.57. The summed E-state index contributed by atoms with van der Waals surface area (Å²) in [4.78, 5) is 23.9. The molecule has 0 saturated heterocycles. The van der Waals surface area contributed by atoms with Gasteiger partial charge in [0.2, 0.25) is 0 Å². The summed E-state index contributed by atoms with van der Waals surface area (Å²) in [5.74, 6) is 3.01. The molecule has 3 nitrogen and oxygen atoms in total. The number of ketones is 2. The molecule has 1 N–H and O–H groups in total. The predicted octanol–water partition coefficient (Wildman–Crippen LogP) is 6.02. The van der Waals surface area contributed by atoms with Crippen LogP contribution in [0.5, 0.6) is 0 Å². The van der Waals surface area contributed by atoms with Crippen molar-refractivity contribution < 1.29 is 9.59 Å². The van der Waals surface area contributed by atoms with Gasteiger partial charge in [-0.2, -0.15) is 0 Å². The first-order valence-corrected chi connectivity index (χ1v) is 11.2. The predicted molar refractivity (Wildman–Crippen MR) is 112 cm³/mol. The van der Waals surface area contributed by atoms with E-state index >= 15 is 0 Å². The van der Waals surface area contributed by atoms with Crippen molar-refractivity contribution in [1.82, 2.24) is 0 Å². The van der Waals surface area contributed by atoms with Gasteiger partial charge >= 0.3 is 0 Å². The summed E-state index contributed by atoms with van der Waals surface area (Å²) in [6.45, 7) is 12.1. The van der Waals surface area contributed by atoms with E-state index in [9.17, 15) is 9.59 Å². The van der Waals surface area contributed by atoms with Gasteiger partial charge in [0.25, 0.3) is 0 Å². The Morgan fingerprint density at radius 2 is 1.74 bits per heavy atom. The van der Waals surface area contributed by atoms with Crippen LogP contribution in [-0.4, -0.2) is 17.3 Å². The molecule has 0 radical (unpaired) electrons. The van der Waals surface area contributed by atoms with Gasteiger partial charge < -0.3 is 5.41 Å². The Labute approximate surface area is 165 Å². The van der Waals surface area contributed by atoms with Gasteiger partial charge in [-0.15, -0.1) is 0 Å². The lowest BCUT2D eigenvalue weighted by molar-refractivity contribution is -0.126. The molecule has 3 heteroatoms. The summed E-state index contributed by atoms with van der Waals surface area (Å²) in [5.41, 5.74) is 1.91. The van der Waals surface area contributed by atoms with Crippen LogP contribution in [0.4, 0.5) is 0 Å². The van der Waals surface area contributed by atoms with Crippen LogP contribution in [0.1, 0.15) is 86.5 Å². The molecule has 0 aromatic carbocycles. The number of Topliss-reactive ketones (excluding diaryl/α,β-unsaturated/α-hetero) is 1. The lowest BCUT2D eigenvalue weighted by atomic mass is 9.51. The van der Waals surface area contributed by atoms with Crippen molar-refractivity contribution >= 4 is 17.3 Å². The standard InChI is InChI=1S/C20H27NO2.2C2H6/c1-11(22)17-5-6-18-15-10-19(21)16-9-12(23)3-4-13(16)14(15)7-8-20(17,18)2;2*1-2/h9,13-15,17-18,21H,3-8,10H2,1-2H3;2*1-2H3. The second-order valence-electron chi connectivity index (χ2n) is 8.61. The van der Waals surface area contributed by atoms with Crippen molar-refractivity contribution in [1.29, 1.82) is 5.41 Å². The first-order valence-electron chi connectivity index (χ1n) is 11.2. The summed E-state index contributed by atoms with van der Waals surface area (Å²) in [6.07, 6.45) is 8.70. The number of nitrogens with one attached hydrogen (secondary N) is 1. The van der Waals surface area contributed by atoms with Crippen LogP contribution < -0.4 is 0 Å². The number of rotatable bonds is 1. The maximum Gasteiger partial charge on any atom is 0.156 e. The second-order valence-corrected chi connectivity index (χ2v) is 8.61. The average Bonchev–Trinajstić information content (AvgIpc) is 3.03. The molecule has 0 aliphatic heterocycles. The smallest absolute Gasteiger partial charge is 0.156 e. The Bertz CT molecular complexity index is 620. The molecule has 0 amide bonds. The quantitative estimate of drug-likeness (QED) is 0.611. The van der Waals surface area contributed by atoms with E-state index in [0.29, 0.717) is 41.6 Å². The molecule has 152 valence electrons. The number of fused-ring (bicyclic) bond motifs is 5. The average molecular weight is 374 g/mol. The molecule has 0 aromatic rings. The van der Waals surface area contributed by atoms with Crippen molar-refractivity contribution in [3.8, 4) is 0 Å². The Balaban J connectivity index is 0.000000614. The minimum Gasteiger partial charge on any atom is -0.305 e. The monoisotopic (exact) mass is 373 g/mol. The number of carbonyl (C=O) groups is 2. The third-order valence-corrected chi connectivity index (χ3v) is 7.71. The Morgan fingerprint density at radius 1 is 1.07 bits per heavy atom. The minimum absolute atomic E-state index is 0.152. The number of carbonyl (C=O) groups excluding carboxylic acids is 2. The van der Waals surface area contributed by atoms with E-state index in [1.54, 1.807) is 13.0 Å². The van der Waals surface area contributed by atoms with E-state index < -0.39 is 0 Å². The Hall–Kier alpha value is -1.25. The molecule has 0 bridgehead atoms. The number of hydrogen-bond acceptors (Lipinski definition) is 3. The molecule has 3 saturated carbocycles. The van der Waals surface area contributed by atoms with Crippen LogP contribution in [0, 0.1) is 40.4 Å². The second kappa shape index (κ2) is 8.84. The maximum absolute atomic E-state index is 12.1. The van der Waals surface area contributed by atoms with Gasteiger partial charge in [-0.05, 0) is 86.2 Å². The highest BCUT2D eigenvalue weighted by atomic mass is 16.1. The molecular formula is C24H39NO2. The normalized spacial score (nSPS) is 39.5. The molecule has 0 heterocycles. The highest BCUT2D eigenvalue weighted by molar-refractivity contribution is 6.06. The zero-order valence-corrected chi connectivity index (χ0v) is 18.2. The van der Waals surface area contributed by atoms with E-state index in [-0.39, 0.29) is 17.1 Å². The van der Waals surface area contributed by atoms with Gasteiger partial charge in [-0.25, -0.2) is 0 Å². The molecule has 6 atom stereocenters. The summed E-state index contributed by atoms with van der Waals surface area (Å²) in [5, 5.41) is 8.49. The minimum atomic E-state index is 0.152. The molecule has 0 aromatic heterocycles.